The van der Waals surface area contributed by atoms with Gasteiger partial charge in [0.05, 0.1) is 5.69 Å². The molecule has 0 bridgehead atoms. The van der Waals surface area contributed by atoms with Crippen molar-refractivity contribution in [3.05, 3.63) is 46.6 Å². The minimum Gasteiger partial charge on any atom is -0.437 e. The Hall–Kier alpha value is -1.94. The molecule has 1 heterocycles. The summed E-state index contributed by atoms with van der Waals surface area (Å²) < 4.78 is 5.84. The Morgan fingerprint density at radius 3 is 2.55 bits per heavy atom. The second-order valence-electron chi connectivity index (χ2n) is 4.95. The third-order valence-electron chi connectivity index (χ3n) is 3.23. The number of hydrogen-bond acceptors (Lipinski definition) is 4. The number of hydrogen-bond donors (Lipinski definition) is 1. The number of aromatic nitrogens is 2. The van der Waals surface area contributed by atoms with E-state index in [1.54, 1.807) is 0 Å². The van der Waals surface area contributed by atoms with Gasteiger partial charge in [0.2, 0.25) is 5.88 Å². The highest BCUT2D eigenvalue weighted by Crippen LogP contribution is 2.27. The summed E-state index contributed by atoms with van der Waals surface area (Å²) in [7, 11) is 0. The minimum absolute atomic E-state index is 0.526. The van der Waals surface area contributed by atoms with Crippen molar-refractivity contribution in [2.75, 3.05) is 6.54 Å². The first-order chi connectivity index (χ1) is 9.60. The molecule has 0 atom stereocenters. The van der Waals surface area contributed by atoms with Crippen molar-refractivity contribution in [1.82, 2.24) is 15.5 Å². The highest BCUT2D eigenvalue weighted by atomic mass is 16.5. The van der Waals surface area contributed by atoms with E-state index in [-0.39, 0.29) is 0 Å². The zero-order valence-electron chi connectivity index (χ0n) is 12.5. The monoisotopic (exact) mass is 271 g/mol. The van der Waals surface area contributed by atoms with Crippen molar-refractivity contribution >= 4 is 0 Å². The number of aryl methyl sites for hydroxylation is 2. The molecule has 1 N–H and O–H groups in total. The largest absolute Gasteiger partial charge is 0.437 e. The van der Waals surface area contributed by atoms with Crippen molar-refractivity contribution in [2.24, 2.45) is 0 Å². The first-order valence-corrected chi connectivity index (χ1v) is 6.89. The van der Waals surface area contributed by atoms with E-state index in [0.717, 1.165) is 30.1 Å². The third-order valence-corrected chi connectivity index (χ3v) is 3.23. The molecule has 0 amide bonds. The summed E-state index contributed by atoms with van der Waals surface area (Å²) in [4.78, 5) is 0. The van der Waals surface area contributed by atoms with Gasteiger partial charge in [0.25, 0.3) is 0 Å². The maximum absolute atomic E-state index is 5.84. The molecule has 0 unspecified atom stereocenters. The number of benzene rings is 1. The van der Waals surface area contributed by atoms with Crippen LogP contribution >= 0.6 is 0 Å². The van der Waals surface area contributed by atoms with Crippen LogP contribution in [0.2, 0.25) is 0 Å². The highest BCUT2D eigenvalue weighted by Gasteiger charge is 2.06. The van der Waals surface area contributed by atoms with Crippen molar-refractivity contribution < 1.29 is 4.74 Å². The molecule has 2 rings (SSSR count). The van der Waals surface area contributed by atoms with Crippen LogP contribution in [0, 0.1) is 20.8 Å². The maximum Gasteiger partial charge on any atom is 0.238 e. The van der Waals surface area contributed by atoms with Crippen LogP contribution in [0.5, 0.6) is 11.6 Å². The number of ether oxygens (including phenoxy) is 1. The van der Waals surface area contributed by atoms with Gasteiger partial charge in [0.1, 0.15) is 5.75 Å². The fourth-order valence-electron chi connectivity index (χ4n) is 1.97. The zero-order valence-corrected chi connectivity index (χ0v) is 12.5. The molecule has 0 aliphatic carbocycles. The van der Waals surface area contributed by atoms with Crippen LogP contribution in [0.4, 0.5) is 0 Å². The lowest BCUT2D eigenvalue weighted by Crippen LogP contribution is -2.13. The number of nitrogens with one attached hydrogen (secondary N) is 1. The molecule has 20 heavy (non-hydrogen) atoms. The molecular weight excluding hydrogens is 250 g/mol. The van der Waals surface area contributed by atoms with Crippen molar-refractivity contribution in [3.63, 3.8) is 0 Å². The predicted octanol–water partition coefficient (Wildman–Crippen LogP) is 3.30. The average molecular weight is 271 g/mol. The molecule has 0 fully saturated rings. The molecule has 0 radical (unpaired) electrons. The van der Waals surface area contributed by atoms with Crippen LogP contribution in [0.1, 0.15) is 29.3 Å². The van der Waals surface area contributed by atoms with Gasteiger partial charge in [-0.15, -0.1) is 5.10 Å². The predicted molar refractivity (Wildman–Crippen MR) is 80.1 cm³/mol. The molecule has 106 valence electrons. The Kier molecular flexibility index (Phi) is 4.69. The first kappa shape index (κ1) is 14.5. The van der Waals surface area contributed by atoms with Gasteiger partial charge >= 0.3 is 0 Å². The molecule has 1 aromatic heterocycles. The molecule has 0 saturated heterocycles. The molecule has 0 aliphatic rings. The van der Waals surface area contributed by atoms with E-state index in [2.05, 4.69) is 49.3 Å². The molecule has 2 aromatic rings. The van der Waals surface area contributed by atoms with E-state index in [9.17, 15) is 0 Å². The fourth-order valence-corrected chi connectivity index (χ4v) is 1.97. The highest BCUT2D eigenvalue weighted by molar-refractivity contribution is 5.43. The van der Waals surface area contributed by atoms with Crippen molar-refractivity contribution in [2.45, 2.75) is 34.2 Å². The van der Waals surface area contributed by atoms with E-state index in [4.69, 9.17) is 4.74 Å². The quantitative estimate of drug-likeness (QED) is 0.906. The fraction of sp³-hybridized carbons (Fsp3) is 0.375. The summed E-state index contributed by atoms with van der Waals surface area (Å²) in [6, 6.07) is 7.96. The smallest absolute Gasteiger partial charge is 0.238 e. The van der Waals surface area contributed by atoms with Gasteiger partial charge in [-0.05, 0) is 56.1 Å². The van der Waals surface area contributed by atoms with Crippen LogP contribution in [-0.2, 0) is 6.54 Å². The van der Waals surface area contributed by atoms with Crippen LogP contribution in [0.25, 0.3) is 0 Å². The summed E-state index contributed by atoms with van der Waals surface area (Å²) in [6.07, 6.45) is 0. The Labute approximate surface area is 120 Å². The molecular formula is C16H21N3O. The zero-order chi connectivity index (χ0) is 14.5. The summed E-state index contributed by atoms with van der Waals surface area (Å²) in [5.74, 6) is 1.37. The van der Waals surface area contributed by atoms with Crippen LogP contribution < -0.4 is 10.1 Å². The van der Waals surface area contributed by atoms with Crippen molar-refractivity contribution in [3.8, 4) is 11.6 Å². The molecule has 0 saturated carbocycles. The van der Waals surface area contributed by atoms with Gasteiger partial charge in [-0.3, -0.25) is 0 Å². The Bertz CT molecular complexity index is 579. The topological polar surface area (TPSA) is 47.0 Å². The molecule has 0 aliphatic heterocycles. The summed E-state index contributed by atoms with van der Waals surface area (Å²) in [5, 5.41) is 11.5. The number of nitrogens with zero attached hydrogens (tertiary/aromatic N) is 2. The lowest BCUT2D eigenvalue weighted by atomic mass is 10.1. The van der Waals surface area contributed by atoms with E-state index in [1.807, 2.05) is 18.2 Å². The summed E-state index contributed by atoms with van der Waals surface area (Å²) in [6.45, 7) is 9.91. The van der Waals surface area contributed by atoms with Crippen LogP contribution in [0.3, 0.4) is 0 Å². The van der Waals surface area contributed by atoms with Gasteiger partial charge in [0.15, 0.2) is 0 Å². The van der Waals surface area contributed by atoms with E-state index >= 15 is 0 Å². The van der Waals surface area contributed by atoms with Gasteiger partial charge in [-0.25, -0.2) is 0 Å². The first-order valence-electron chi connectivity index (χ1n) is 6.89. The standard InChI is InChI=1S/C16H21N3O/c1-5-17-10-14-6-7-16(19-18-14)20-15-9-11(2)8-12(3)13(15)4/h6-9,17H,5,10H2,1-4H3. The lowest BCUT2D eigenvalue weighted by Gasteiger charge is -2.11. The SMILES string of the molecule is CCNCc1ccc(Oc2cc(C)cc(C)c2C)nn1. The lowest BCUT2D eigenvalue weighted by molar-refractivity contribution is 0.449. The summed E-state index contributed by atoms with van der Waals surface area (Å²) >= 11 is 0. The van der Waals surface area contributed by atoms with Gasteiger partial charge in [-0.2, -0.15) is 5.10 Å². The minimum atomic E-state index is 0.526. The Balaban J connectivity index is 2.14. The molecule has 1 aromatic carbocycles. The molecule has 0 spiro atoms. The average Bonchev–Trinajstić information content (AvgIpc) is 2.43. The molecule has 4 nitrogen and oxygen atoms in total. The van der Waals surface area contributed by atoms with E-state index < -0.39 is 0 Å². The van der Waals surface area contributed by atoms with Gasteiger partial charge in [0, 0.05) is 12.6 Å². The normalized spacial score (nSPS) is 10.6. The van der Waals surface area contributed by atoms with Crippen LogP contribution in [0.15, 0.2) is 24.3 Å². The Morgan fingerprint density at radius 2 is 1.90 bits per heavy atom. The van der Waals surface area contributed by atoms with Crippen molar-refractivity contribution in [1.29, 1.82) is 0 Å². The second kappa shape index (κ2) is 6.48. The number of rotatable bonds is 5. The van der Waals surface area contributed by atoms with Gasteiger partial charge < -0.3 is 10.1 Å². The Morgan fingerprint density at radius 1 is 1.10 bits per heavy atom. The van der Waals surface area contributed by atoms with E-state index in [0.29, 0.717) is 5.88 Å². The summed E-state index contributed by atoms with van der Waals surface area (Å²) in [5.41, 5.74) is 4.45. The second-order valence-corrected chi connectivity index (χ2v) is 4.95. The third kappa shape index (κ3) is 3.54. The van der Waals surface area contributed by atoms with Gasteiger partial charge in [-0.1, -0.05) is 13.0 Å². The van der Waals surface area contributed by atoms with Crippen LogP contribution in [-0.4, -0.2) is 16.7 Å². The molecule has 4 heteroatoms. The maximum atomic E-state index is 5.84. The van der Waals surface area contributed by atoms with E-state index in [1.165, 1.54) is 11.1 Å².